The number of aromatic amines is 1. The highest BCUT2D eigenvalue weighted by molar-refractivity contribution is 6.31. The predicted octanol–water partition coefficient (Wildman–Crippen LogP) is 3.17. The van der Waals surface area contributed by atoms with Crippen LogP contribution in [0.15, 0.2) is 24.4 Å². The second-order valence-electron chi connectivity index (χ2n) is 7.51. The smallest absolute Gasteiger partial charge is 0.340 e. The van der Waals surface area contributed by atoms with Crippen LogP contribution in [0.3, 0.4) is 0 Å². The first-order valence-electron chi connectivity index (χ1n) is 8.84. The predicted molar refractivity (Wildman–Crippen MR) is 93.8 cm³/mol. The van der Waals surface area contributed by atoms with E-state index in [2.05, 4.69) is 9.88 Å². The molecule has 1 aromatic carbocycles. The summed E-state index contributed by atoms with van der Waals surface area (Å²) in [7, 11) is 0. The van der Waals surface area contributed by atoms with Gasteiger partial charge in [-0.1, -0.05) is 11.6 Å². The third-order valence-corrected chi connectivity index (χ3v) is 6.29. The molecule has 0 aliphatic carbocycles. The largest absolute Gasteiger partial charge is 0.459 e. The Kier molecular flexibility index (Phi) is 3.44. The summed E-state index contributed by atoms with van der Waals surface area (Å²) >= 11 is 6.06. The Bertz CT molecular complexity index is 861. The summed E-state index contributed by atoms with van der Waals surface area (Å²) in [6.45, 7) is 0.585. The summed E-state index contributed by atoms with van der Waals surface area (Å²) in [5.74, 6) is 0.320. The Morgan fingerprint density at radius 3 is 2.68 bits per heavy atom. The number of hydrogen-bond acceptors (Lipinski definition) is 4. The molecular weight excluding hydrogens is 340 g/mol. The molecule has 2 unspecified atom stereocenters. The number of carbonyl (C=O) groups excluding carboxylic acids is 2. The summed E-state index contributed by atoms with van der Waals surface area (Å²) in [5, 5.41) is 1.39. The molecular formula is C19H19ClN2O3. The summed E-state index contributed by atoms with van der Waals surface area (Å²) in [5.41, 5.74) is 1.41. The SMILES string of the molecule is O=C(OC1CC2CC3CC(C1)N2CC3=O)c1c[nH]c2ccc(Cl)cc12. The van der Waals surface area contributed by atoms with Crippen molar-refractivity contribution in [2.75, 3.05) is 6.54 Å². The normalized spacial score (nSPS) is 33.6. The number of aromatic nitrogens is 1. The lowest BCUT2D eigenvalue weighted by molar-refractivity contribution is -0.145. The second kappa shape index (κ2) is 5.58. The maximum Gasteiger partial charge on any atom is 0.340 e. The molecule has 0 saturated carbocycles. The Balaban J connectivity index is 1.33. The van der Waals surface area contributed by atoms with E-state index >= 15 is 0 Å². The number of carbonyl (C=O) groups is 2. The molecule has 1 aromatic heterocycles. The average molecular weight is 359 g/mol. The summed E-state index contributed by atoms with van der Waals surface area (Å²) in [6.07, 6.45) is 5.12. The number of ketones is 1. The van der Waals surface area contributed by atoms with Gasteiger partial charge in [0, 0.05) is 53.0 Å². The van der Waals surface area contributed by atoms with Crippen LogP contribution in [0.25, 0.3) is 10.9 Å². The second-order valence-corrected chi connectivity index (χ2v) is 7.94. The van der Waals surface area contributed by atoms with E-state index in [0.29, 0.717) is 35.0 Å². The van der Waals surface area contributed by atoms with Crippen molar-refractivity contribution in [3.05, 3.63) is 35.0 Å². The number of nitrogens with zero attached hydrogens (tertiary/aromatic N) is 1. The van der Waals surface area contributed by atoms with Crippen molar-refractivity contribution < 1.29 is 14.3 Å². The first kappa shape index (κ1) is 15.4. The minimum Gasteiger partial charge on any atom is -0.459 e. The first-order valence-corrected chi connectivity index (χ1v) is 9.22. The van der Waals surface area contributed by atoms with E-state index in [1.54, 1.807) is 18.3 Å². The van der Waals surface area contributed by atoms with Crippen LogP contribution < -0.4 is 0 Å². The van der Waals surface area contributed by atoms with Crippen LogP contribution in [0.5, 0.6) is 0 Å². The van der Waals surface area contributed by atoms with Gasteiger partial charge in [0.2, 0.25) is 0 Å². The van der Waals surface area contributed by atoms with Gasteiger partial charge in [-0.3, -0.25) is 9.69 Å². The molecule has 6 heteroatoms. The molecule has 4 saturated heterocycles. The van der Waals surface area contributed by atoms with Crippen molar-refractivity contribution in [2.45, 2.75) is 43.9 Å². The number of esters is 1. The van der Waals surface area contributed by atoms with E-state index in [1.165, 1.54) is 0 Å². The van der Waals surface area contributed by atoms with Crippen LogP contribution in [-0.4, -0.2) is 46.4 Å². The van der Waals surface area contributed by atoms with Crippen LogP contribution in [0.1, 0.15) is 36.0 Å². The molecule has 4 aliphatic rings. The topological polar surface area (TPSA) is 62.4 Å². The van der Waals surface area contributed by atoms with E-state index in [0.717, 1.165) is 36.6 Å². The van der Waals surface area contributed by atoms with Crippen LogP contribution in [-0.2, 0) is 9.53 Å². The number of fused-ring (bicyclic) bond motifs is 2. The van der Waals surface area contributed by atoms with Crippen LogP contribution in [0.2, 0.25) is 5.02 Å². The van der Waals surface area contributed by atoms with E-state index in [9.17, 15) is 9.59 Å². The lowest BCUT2D eigenvalue weighted by Crippen LogP contribution is -2.63. The standard InChI is InChI=1S/C19H19ClN2O3/c20-11-1-2-17-15(5-11)16(8-21-17)19(24)25-14-6-12-3-10-4-13(7-14)22(12)9-18(10)23/h1-2,5,8,10,12-14,21H,3-4,6-7,9H2. The summed E-state index contributed by atoms with van der Waals surface area (Å²) in [4.78, 5) is 30.0. The molecule has 130 valence electrons. The molecule has 2 atom stereocenters. The van der Waals surface area contributed by atoms with Crippen molar-refractivity contribution >= 4 is 34.3 Å². The average Bonchev–Trinajstić information content (AvgIpc) is 2.98. The van der Waals surface area contributed by atoms with Crippen LogP contribution in [0.4, 0.5) is 0 Å². The molecule has 0 spiro atoms. The molecule has 25 heavy (non-hydrogen) atoms. The van der Waals surface area contributed by atoms with Crippen molar-refractivity contribution in [3.8, 4) is 0 Å². The number of hydrogen-bond donors (Lipinski definition) is 1. The molecule has 4 aliphatic heterocycles. The molecule has 4 fully saturated rings. The van der Waals surface area contributed by atoms with Crippen LogP contribution in [0, 0.1) is 5.92 Å². The van der Waals surface area contributed by atoms with E-state index in [-0.39, 0.29) is 18.0 Å². The lowest BCUT2D eigenvalue weighted by Gasteiger charge is -2.54. The minimum atomic E-state index is -0.297. The third-order valence-electron chi connectivity index (χ3n) is 6.05. The van der Waals surface area contributed by atoms with Crippen molar-refractivity contribution in [3.63, 3.8) is 0 Å². The van der Waals surface area contributed by atoms with E-state index in [4.69, 9.17) is 16.3 Å². The van der Waals surface area contributed by atoms with Gasteiger partial charge in [-0.15, -0.1) is 0 Å². The zero-order valence-electron chi connectivity index (χ0n) is 13.7. The van der Waals surface area contributed by atoms with Gasteiger partial charge in [0.05, 0.1) is 12.1 Å². The molecule has 1 N–H and O–H groups in total. The fraction of sp³-hybridized carbons (Fsp3) is 0.474. The van der Waals surface area contributed by atoms with Gasteiger partial charge in [0.15, 0.2) is 0 Å². The monoisotopic (exact) mass is 358 g/mol. The highest BCUT2D eigenvalue weighted by Crippen LogP contribution is 2.42. The molecule has 4 bridgehead atoms. The fourth-order valence-corrected chi connectivity index (χ4v) is 5.06. The molecule has 5 nitrogen and oxygen atoms in total. The number of ether oxygens (including phenoxy) is 1. The number of benzene rings is 1. The van der Waals surface area contributed by atoms with Gasteiger partial charge in [-0.05, 0) is 31.0 Å². The van der Waals surface area contributed by atoms with E-state index < -0.39 is 0 Å². The highest BCUT2D eigenvalue weighted by atomic mass is 35.5. The van der Waals surface area contributed by atoms with Gasteiger partial charge >= 0.3 is 5.97 Å². The van der Waals surface area contributed by atoms with Gasteiger partial charge in [-0.25, -0.2) is 4.79 Å². The Hall–Kier alpha value is -1.85. The fourth-order valence-electron chi connectivity index (χ4n) is 4.89. The van der Waals surface area contributed by atoms with Gasteiger partial charge in [0.1, 0.15) is 11.9 Å². The highest BCUT2D eigenvalue weighted by Gasteiger charge is 2.49. The lowest BCUT2D eigenvalue weighted by atomic mass is 9.72. The number of H-pyrrole nitrogens is 1. The zero-order valence-corrected chi connectivity index (χ0v) is 14.5. The Labute approximate surface area is 150 Å². The molecule has 0 amide bonds. The first-order chi connectivity index (χ1) is 12.1. The van der Waals surface area contributed by atoms with Crippen molar-refractivity contribution in [1.82, 2.24) is 9.88 Å². The van der Waals surface area contributed by atoms with Crippen LogP contribution >= 0.6 is 11.6 Å². The molecule has 6 rings (SSSR count). The number of rotatable bonds is 2. The summed E-state index contributed by atoms with van der Waals surface area (Å²) in [6, 6.07) is 6.20. The zero-order chi connectivity index (χ0) is 17.1. The number of halogens is 1. The van der Waals surface area contributed by atoms with Gasteiger partial charge in [0.25, 0.3) is 0 Å². The molecule has 2 aromatic rings. The quantitative estimate of drug-likeness (QED) is 0.837. The van der Waals surface area contributed by atoms with Gasteiger partial charge in [-0.2, -0.15) is 0 Å². The van der Waals surface area contributed by atoms with E-state index in [1.807, 2.05) is 6.07 Å². The maximum absolute atomic E-state index is 12.7. The van der Waals surface area contributed by atoms with Gasteiger partial charge < -0.3 is 9.72 Å². The minimum absolute atomic E-state index is 0.0722. The molecule has 5 heterocycles. The number of piperidine rings is 4. The third kappa shape index (κ3) is 2.49. The van der Waals surface area contributed by atoms with Crippen molar-refractivity contribution in [2.24, 2.45) is 5.92 Å². The summed E-state index contributed by atoms with van der Waals surface area (Å²) < 4.78 is 5.84. The Morgan fingerprint density at radius 2 is 1.96 bits per heavy atom. The Morgan fingerprint density at radius 1 is 1.20 bits per heavy atom. The number of Topliss-reactive ketones (excluding diaryl/α,β-unsaturated/α-hetero) is 1. The molecule has 0 radical (unpaired) electrons. The number of nitrogens with one attached hydrogen (secondary N) is 1. The maximum atomic E-state index is 12.7. The van der Waals surface area contributed by atoms with Crippen molar-refractivity contribution in [1.29, 1.82) is 0 Å².